The summed E-state index contributed by atoms with van der Waals surface area (Å²) in [7, 11) is 3.38. The third-order valence-corrected chi connectivity index (χ3v) is 4.47. The molecule has 3 aromatic rings. The Bertz CT molecular complexity index is 1450. The summed E-state index contributed by atoms with van der Waals surface area (Å²) in [5.74, 6) is -1.10. The molecule has 3 rings (SSSR count). The molecule has 0 atom stereocenters. The van der Waals surface area contributed by atoms with Crippen LogP contribution in [-0.4, -0.2) is 52.6 Å². The number of carbonyl (C=O) groups is 1. The van der Waals surface area contributed by atoms with Gasteiger partial charge in [0.05, 0.1) is 26.1 Å². The first-order valence-corrected chi connectivity index (χ1v) is 10.3. The van der Waals surface area contributed by atoms with E-state index in [2.05, 4.69) is 9.98 Å². The smallest absolute Gasteiger partial charge is 0.271 e. The standard InChI is InChI=1S/C20H13N5O8.C3H7NO.2O.U/c26-19-5-2-14(23(28)29)7-12(19)10-21-17-4-1-16(25(32)33)9-18(17)22-11-13-8-15(24(30)31)3-6-20(13)27;1-4(2)3-5;;;/h1-11,26-27H;3H,1-2H3;;;/q;;2*-2;/p-2. The van der Waals surface area contributed by atoms with Crippen LogP contribution in [0.5, 0.6) is 11.5 Å². The molecule has 0 aliphatic heterocycles. The van der Waals surface area contributed by atoms with Gasteiger partial charge in [0.25, 0.3) is 17.1 Å². The Balaban J connectivity index is 0. The van der Waals surface area contributed by atoms with Crippen molar-refractivity contribution in [2.45, 2.75) is 0 Å². The fourth-order valence-corrected chi connectivity index (χ4v) is 2.62. The van der Waals surface area contributed by atoms with Crippen LogP contribution >= 0.6 is 0 Å². The maximum absolute atomic E-state index is 12.0. The van der Waals surface area contributed by atoms with Gasteiger partial charge in [-0.25, -0.2) is 0 Å². The van der Waals surface area contributed by atoms with E-state index in [1.165, 1.54) is 11.0 Å². The molecule has 0 N–H and O–H groups in total. The average Bonchev–Trinajstić information content (AvgIpc) is 2.87. The van der Waals surface area contributed by atoms with E-state index in [1.54, 1.807) is 14.1 Å². The zero-order chi connectivity index (χ0) is 28.4. The van der Waals surface area contributed by atoms with Gasteiger partial charge in [0.1, 0.15) is 0 Å². The topological polar surface area (TPSA) is 278 Å². The molecule has 0 radical (unpaired) electrons. The van der Waals surface area contributed by atoms with E-state index in [-0.39, 0.29) is 81.6 Å². The third-order valence-electron chi connectivity index (χ3n) is 4.47. The number of aliphatic imine (C=N–C) groups is 2. The van der Waals surface area contributed by atoms with Crippen LogP contribution in [0.4, 0.5) is 28.4 Å². The Hall–Kier alpha value is -4.76. The van der Waals surface area contributed by atoms with Gasteiger partial charge >= 0.3 is 0 Å². The van der Waals surface area contributed by atoms with Crippen LogP contribution in [-0.2, 0) is 15.7 Å². The van der Waals surface area contributed by atoms with Crippen molar-refractivity contribution >= 4 is 47.3 Å². The summed E-state index contributed by atoms with van der Waals surface area (Å²) >= 11 is 0. The van der Waals surface area contributed by atoms with Crippen LogP contribution in [0.2, 0.25) is 0 Å². The van der Waals surface area contributed by atoms with E-state index in [4.69, 9.17) is 0 Å². The van der Waals surface area contributed by atoms with Gasteiger partial charge in [-0.3, -0.25) is 45.1 Å². The molecule has 41 heavy (non-hydrogen) atoms. The predicted octanol–water partition coefficient (Wildman–Crippen LogP) is 2.53. The summed E-state index contributed by atoms with van der Waals surface area (Å²) < 4.78 is 0. The molecule has 1 amide bonds. The van der Waals surface area contributed by atoms with Crippen molar-refractivity contribution in [3.63, 3.8) is 0 Å². The van der Waals surface area contributed by atoms with Gasteiger partial charge in [-0.15, -0.1) is 0 Å². The van der Waals surface area contributed by atoms with Crippen molar-refractivity contribution in [2.75, 3.05) is 14.1 Å². The van der Waals surface area contributed by atoms with E-state index >= 15 is 0 Å². The molecule has 0 fully saturated rings. The van der Waals surface area contributed by atoms with Gasteiger partial charge in [0, 0.05) is 94.0 Å². The van der Waals surface area contributed by atoms with Crippen molar-refractivity contribution < 1.29 is 71.8 Å². The van der Waals surface area contributed by atoms with Gasteiger partial charge in [-0.1, -0.05) is 23.6 Å². The Kier molecular flexibility index (Phi) is 16.6. The minimum atomic E-state index is -0.695. The number of hydrogen-bond donors (Lipinski definition) is 0. The first-order chi connectivity index (χ1) is 17.9. The molecule has 0 spiro atoms. The molecule has 0 aliphatic carbocycles. The zero-order valence-corrected chi connectivity index (χ0v) is 25.3. The second-order valence-electron chi connectivity index (χ2n) is 7.47. The van der Waals surface area contributed by atoms with E-state index in [0.29, 0.717) is 0 Å². The van der Waals surface area contributed by atoms with Gasteiger partial charge in [-0.2, -0.15) is 0 Å². The number of carbonyl (C=O) groups excluding carboxylic acids is 1. The fourth-order valence-electron chi connectivity index (χ4n) is 2.62. The first-order valence-electron chi connectivity index (χ1n) is 10.3. The normalized spacial score (nSPS) is 9.80. The molecule has 17 nitrogen and oxygen atoms in total. The monoisotopic (exact) mass is 792 g/mol. The van der Waals surface area contributed by atoms with Crippen LogP contribution in [0, 0.1) is 61.5 Å². The van der Waals surface area contributed by atoms with Gasteiger partial charge < -0.3 is 26.1 Å². The molecule has 216 valence electrons. The van der Waals surface area contributed by atoms with Crippen LogP contribution in [0.25, 0.3) is 0 Å². The minimum absolute atomic E-state index is 0. The summed E-state index contributed by atoms with van der Waals surface area (Å²) in [4.78, 5) is 49.8. The molecule has 0 bridgehead atoms. The molecule has 18 heteroatoms. The van der Waals surface area contributed by atoms with Gasteiger partial charge in [0.15, 0.2) is 0 Å². The number of benzene rings is 3. The number of hydrogen-bond acceptors (Lipinski definition) is 11. The number of nitrogens with zero attached hydrogens (tertiary/aromatic N) is 6. The van der Waals surface area contributed by atoms with Gasteiger partial charge in [-0.05, 0) is 17.2 Å². The van der Waals surface area contributed by atoms with Gasteiger partial charge in [0.2, 0.25) is 6.41 Å². The summed E-state index contributed by atoms with van der Waals surface area (Å²) in [6.45, 7) is 0. The number of amides is 1. The second kappa shape index (κ2) is 17.8. The first kappa shape index (κ1) is 38.4. The summed E-state index contributed by atoms with van der Waals surface area (Å²) in [6, 6.07) is 9.50. The van der Waals surface area contributed by atoms with Crippen molar-refractivity contribution in [2.24, 2.45) is 9.98 Å². The van der Waals surface area contributed by atoms with Crippen LogP contribution in [0.3, 0.4) is 0 Å². The average molecular weight is 792 g/mol. The van der Waals surface area contributed by atoms with Crippen LogP contribution in [0.15, 0.2) is 64.6 Å². The van der Waals surface area contributed by atoms with Crippen LogP contribution in [0.1, 0.15) is 11.1 Å². The second-order valence-corrected chi connectivity index (χ2v) is 7.47. The molecule has 0 unspecified atom stereocenters. The van der Waals surface area contributed by atoms with Crippen LogP contribution < -0.4 is 10.2 Å². The predicted molar refractivity (Wildman–Crippen MR) is 134 cm³/mol. The zero-order valence-electron chi connectivity index (χ0n) is 21.1. The fraction of sp³-hybridized carbons (Fsp3) is 0.0870. The Morgan fingerprint density at radius 3 is 1.37 bits per heavy atom. The van der Waals surface area contributed by atoms with Crippen molar-refractivity contribution in [3.8, 4) is 11.5 Å². The summed E-state index contributed by atoms with van der Waals surface area (Å²) in [5, 5.41) is 56.9. The minimum Gasteiger partial charge on any atom is -2.00 e. The van der Waals surface area contributed by atoms with E-state index in [1.807, 2.05) is 0 Å². The van der Waals surface area contributed by atoms with E-state index < -0.39 is 26.3 Å². The summed E-state index contributed by atoms with van der Waals surface area (Å²) in [6.07, 6.45) is 2.79. The van der Waals surface area contributed by atoms with Crippen molar-refractivity contribution in [1.82, 2.24) is 4.90 Å². The molecule has 3 aromatic carbocycles. The maximum atomic E-state index is 12.0. The number of rotatable bonds is 8. The number of nitro groups is 3. The van der Waals surface area contributed by atoms with Crippen molar-refractivity contribution in [1.29, 1.82) is 0 Å². The maximum Gasteiger partial charge on any atom is 0.271 e. The molecule has 0 aromatic heterocycles. The molecule has 0 saturated heterocycles. The Morgan fingerprint density at radius 2 is 1.00 bits per heavy atom. The SMILES string of the molecule is CN(C)C=O.O=[N+]([O-])c1ccc([O-])c(C=Nc2ccc([N+](=O)[O-])cc2N=Cc2cc([N+](=O)[O-])ccc2[O-])c1.[O-2].[O-2].[U]. The van der Waals surface area contributed by atoms with E-state index in [0.717, 1.165) is 67.4 Å². The molecule has 0 heterocycles. The Labute approximate surface area is 254 Å². The van der Waals surface area contributed by atoms with Crippen molar-refractivity contribution in [3.05, 3.63) is 96.1 Å². The quantitative estimate of drug-likeness (QED) is 0.140. The molecular weight excluding hydrogens is 774 g/mol. The largest absolute Gasteiger partial charge is 2.00 e. The molecule has 0 aliphatic rings. The molecule has 0 saturated carbocycles. The molecular formula is C23H18N6O11U-6. The third kappa shape index (κ3) is 11.5. The Morgan fingerprint density at radius 1 is 0.659 bits per heavy atom. The number of non-ortho nitro benzene ring substituents is 3. The number of nitro benzene ring substituents is 3. The summed E-state index contributed by atoms with van der Waals surface area (Å²) in [5.41, 5.74) is -1.29. The van der Waals surface area contributed by atoms with E-state index in [9.17, 15) is 45.4 Å².